The Balaban J connectivity index is 1.40. The molecule has 5 rings (SSSR count). The molecule has 0 bridgehead atoms. The number of allylic oxidation sites excluding steroid dienone is 3. The maximum Gasteiger partial charge on any atom is 0.265 e. The highest BCUT2D eigenvalue weighted by Gasteiger charge is 2.33. The van der Waals surface area contributed by atoms with Gasteiger partial charge in [-0.3, -0.25) is 20.2 Å². The van der Waals surface area contributed by atoms with Crippen molar-refractivity contribution in [1.82, 2.24) is 9.97 Å². The maximum absolute atomic E-state index is 12.7. The number of aryl methyl sites for hydroxylation is 1. The van der Waals surface area contributed by atoms with Gasteiger partial charge < -0.3 is 0 Å². The van der Waals surface area contributed by atoms with Crippen molar-refractivity contribution < 1.29 is 9.72 Å². The second-order valence-electron chi connectivity index (χ2n) is 6.37. The minimum atomic E-state index is -0.411. The van der Waals surface area contributed by atoms with Gasteiger partial charge >= 0.3 is 0 Å². The Morgan fingerprint density at radius 1 is 1.25 bits per heavy atom. The van der Waals surface area contributed by atoms with Crippen LogP contribution in [0.3, 0.4) is 0 Å². The van der Waals surface area contributed by atoms with Crippen molar-refractivity contribution in [2.24, 2.45) is 5.92 Å². The zero-order chi connectivity index (χ0) is 19.4. The molecule has 1 N–H and O–H groups in total. The highest BCUT2D eigenvalue weighted by Crippen LogP contribution is 2.42. The highest BCUT2D eigenvalue weighted by molar-refractivity contribution is 8.05. The van der Waals surface area contributed by atoms with Gasteiger partial charge in [-0.1, -0.05) is 23.5 Å². The largest absolute Gasteiger partial charge is 0.297 e. The lowest BCUT2D eigenvalue weighted by Gasteiger charge is -2.13. The van der Waals surface area contributed by atoms with Crippen LogP contribution in [0.4, 0.5) is 5.13 Å². The number of rotatable bonds is 3. The van der Waals surface area contributed by atoms with Crippen molar-refractivity contribution in [3.8, 4) is 0 Å². The van der Waals surface area contributed by atoms with Crippen LogP contribution in [0.25, 0.3) is 20.4 Å². The Hall–Kier alpha value is -2.56. The molecule has 2 atom stereocenters. The number of thioether (sulfide) groups is 1. The number of benzene rings is 1. The van der Waals surface area contributed by atoms with Gasteiger partial charge in [0.25, 0.3) is 11.6 Å². The lowest BCUT2D eigenvalue weighted by molar-refractivity contribution is -0.419. The van der Waals surface area contributed by atoms with E-state index in [1.54, 1.807) is 29.6 Å². The molecule has 1 aromatic carbocycles. The normalized spacial score (nSPS) is 20.9. The van der Waals surface area contributed by atoms with E-state index in [0.29, 0.717) is 10.0 Å². The molecule has 0 radical (unpaired) electrons. The first-order valence-electron chi connectivity index (χ1n) is 8.39. The topological polar surface area (TPSA) is 98.0 Å². The van der Waals surface area contributed by atoms with E-state index in [9.17, 15) is 14.9 Å². The van der Waals surface area contributed by atoms with Crippen molar-refractivity contribution in [3.63, 3.8) is 0 Å². The van der Waals surface area contributed by atoms with Gasteiger partial charge in [0.1, 0.15) is 5.52 Å². The van der Waals surface area contributed by atoms with Crippen molar-refractivity contribution in [3.05, 3.63) is 62.2 Å². The van der Waals surface area contributed by atoms with E-state index in [0.717, 1.165) is 25.4 Å². The Morgan fingerprint density at radius 3 is 2.93 bits per heavy atom. The maximum atomic E-state index is 12.7. The molecule has 1 amide bonds. The summed E-state index contributed by atoms with van der Waals surface area (Å²) in [6, 6.07) is 3.94. The van der Waals surface area contributed by atoms with E-state index in [1.165, 1.54) is 29.2 Å². The van der Waals surface area contributed by atoms with Crippen molar-refractivity contribution in [2.45, 2.75) is 12.2 Å². The van der Waals surface area contributed by atoms with Crippen molar-refractivity contribution in [1.29, 1.82) is 0 Å². The van der Waals surface area contributed by atoms with Gasteiger partial charge in [-0.2, -0.15) is 0 Å². The molecule has 1 aliphatic carbocycles. The van der Waals surface area contributed by atoms with Gasteiger partial charge in [0.05, 0.1) is 29.8 Å². The summed E-state index contributed by atoms with van der Waals surface area (Å²) in [5, 5.41) is 15.3. The summed E-state index contributed by atoms with van der Waals surface area (Å²) in [6.07, 6.45) is 6.66. The minimum absolute atomic E-state index is 0.0115. The molecule has 0 saturated heterocycles. The third kappa shape index (κ3) is 2.93. The Labute approximate surface area is 171 Å². The molecule has 3 aromatic rings. The average Bonchev–Trinajstić information content (AvgIpc) is 3.35. The Morgan fingerprint density at radius 2 is 2.11 bits per heavy atom. The van der Waals surface area contributed by atoms with Gasteiger partial charge in [0.15, 0.2) is 5.13 Å². The summed E-state index contributed by atoms with van der Waals surface area (Å²) in [7, 11) is 0. The van der Waals surface area contributed by atoms with E-state index < -0.39 is 4.92 Å². The van der Waals surface area contributed by atoms with E-state index in [-0.39, 0.29) is 22.8 Å². The molecule has 10 heteroatoms. The number of amides is 1. The molecule has 140 valence electrons. The smallest absolute Gasteiger partial charge is 0.265 e. The molecular weight excluding hydrogens is 416 g/mol. The standard InChI is InChI=1S/C18H12N4O3S3/c1-8-19-15-13(26-8)5-3-11-16(15)28-18(20-11)21-17(23)14-7-9-6-10(22(24)25)2-4-12(9)27-14/h2-7,9,12H,1H3,(H,20,21,23). The first-order chi connectivity index (χ1) is 13.5. The summed E-state index contributed by atoms with van der Waals surface area (Å²) < 4.78 is 2.06. The number of hydrogen-bond acceptors (Lipinski definition) is 8. The zero-order valence-corrected chi connectivity index (χ0v) is 16.9. The van der Waals surface area contributed by atoms with Crippen molar-refractivity contribution >= 4 is 65.9 Å². The lowest BCUT2D eigenvalue weighted by atomic mass is 9.98. The van der Waals surface area contributed by atoms with Crippen LogP contribution in [0, 0.1) is 23.0 Å². The molecule has 1 aliphatic heterocycles. The Bertz CT molecular complexity index is 1250. The van der Waals surface area contributed by atoms with Gasteiger partial charge in [-0.25, -0.2) is 9.97 Å². The minimum Gasteiger partial charge on any atom is -0.297 e. The van der Waals surface area contributed by atoms with Gasteiger partial charge in [0, 0.05) is 23.3 Å². The van der Waals surface area contributed by atoms with Crippen LogP contribution < -0.4 is 5.32 Å². The second kappa shape index (κ2) is 6.50. The quantitative estimate of drug-likeness (QED) is 0.487. The molecule has 3 heterocycles. The lowest BCUT2D eigenvalue weighted by Crippen LogP contribution is -2.13. The molecule has 0 fully saturated rings. The zero-order valence-electron chi connectivity index (χ0n) is 14.4. The number of nitrogens with one attached hydrogen (secondary N) is 1. The van der Waals surface area contributed by atoms with Crippen LogP contribution in [0.2, 0.25) is 0 Å². The summed E-state index contributed by atoms with van der Waals surface area (Å²) in [5.74, 6) is -0.391. The first kappa shape index (κ1) is 17.5. The number of carbonyl (C=O) groups is 1. The van der Waals surface area contributed by atoms with Crippen LogP contribution in [-0.4, -0.2) is 26.0 Å². The summed E-state index contributed by atoms with van der Waals surface area (Å²) >= 11 is 4.45. The number of carbonyl (C=O) groups excluding carboxylic acids is 1. The van der Waals surface area contributed by atoms with Crippen LogP contribution in [0.1, 0.15) is 5.01 Å². The predicted octanol–water partition coefficient (Wildman–Crippen LogP) is 4.50. The summed E-state index contributed by atoms with van der Waals surface area (Å²) in [4.78, 5) is 32.9. The van der Waals surface area contributed by atoms with E-state index in [2.05, 4.69) is 15.3 Å². The molecule has 28 heavy (non-hydrogen) atoms. The molecule has 7 nitrogen and oxygen atoms in total. The van der Waals surface area contributed by atoms with E-state index in [4.69, 9.17) is 0 Å². The van der Waals surface area contributed by atoms with Gasteiger partial charge in [-0.15, -0.1) is 23.1 Å². The third-order valence-corrected chi connectivity index (χ3v) is 7.73. The molecular formula is C18H12N4O3S3. The number of anilines is 1. The number of fused-ring (bicyclic) bond motifs is 4. The fourth-order valence-electron chi connectivity index (χ4n) is 3.24. The molecule has 2 unspecified atom stereocenters. The monoisotopic (exact) mass is 428 g/mol. The van der Waals surface area contributed by atoms with Gasteiger partial charge in [-0.05, 0) is 19.1 Å². The SMILES string of the molecule is Cc1nc2c(ccc3nc(NC(=O)C4=CC5C=C([N+](=O)[O-])C=CC5S4)sc32)s1. The number of nitro groups is 1. The number of aromatic nitrogens is 2. The van der Waals surface area contributed by atoms with E-state index in [1.807, 2.05) is 19.1 Å². The summed E-state index contributed by atoms with van der Waals surface area (Å²) in [6.45, 7) is 1.97. The molecule has 2 aliphatic rings. The fourth-order valence-corrected chi connectivity index (χ4v) is 6.25. The van der Waals surface area contributed by atoms with Crippen LogP contribution in [0.5, 0.6) is 0 Å². The van der Waals surface area contributed by atoms with Crippen LogP contribution in [-0.2, 0) is 4.79 Å². The fraction of sp³-hybridized carbons (Fsp3) is 0.167. The molecule has 0 spiro atoms. The van der Waals surface area contributed by atoms with Gasteiger partial charge in [0.2, 0.25) is 0 Å². The third-order valence-electron chi connectivity index (χ3n) is 4.48. The number of thiazole rings is 2. The number of nitrogens with zero attached hydrogens (tertiary/aromatic N) is 3. The first-order valence-corrected chi connectivity index (χ1v) is 10.9. The van der Waals surface area contributed by atoms with E-state index >= 15 is 0 Å². The van der Waals surface area contributed by atoms with Crippen LogP contribution in [0.15, 0.2) is 47.0 Å². The van der Waals surface area contributed by atoms with Crippen LogP contribution >= 0.6 is 34.4 Å². The summed E-state index contributed by atoms with van der Waals surface area (Å²) in [5.41, 5.74) is 1.79. The Kier molecular flexibility index (Phi) is 4.07. The average molecular weight is 429 g/mol. The molecule has 0 saturated carbocycles. The number of hydrogen-bond donors (Lipinski definition) is 1. The predicted molar refractivity (Wildman–Crippen MR) is 113 cm³/mol. The second-order valence-corrected chi connectivity index (χ2v) is 9.82. The highest BCUT2D eigenvalue weighted by atomic mass is 32.2. The molecule has 2 aromatic heterocycles. The van der Waals surface area contributed by atoms with Crippen molar-refractivity contribution in [2.75, 3.05) is 5.32 Å².